The average Bonchev–Trinajstić information content (AvgIpc) is 2.38. The smallest absolute Gasteiger partial charge is 0.0751 e. The molecule has 16 heavy (non-hydrogen) atoms. The monoisotopic (exact) mass is 252 g/mol. The van der Waals surface area contributed by atoms with Gasteiger partial charge in [0.1, 0.15) is 0 Å². The molecule has 0 spiro atoms. The number of unbranched alkanes of at least 4 members (excludes halogenated alkanes) is 1. The van der Waals surface area contributed by atoms with Crippen LogP contribution in [0.1, 0.15) is 41.9 Å². The SMILES string of the molecule is CCCCc1ccc(C2SCCCS2)cc1. The third-order valence-corrected chi connectivity index (χ3v) is 5.91. The molecule has 0 N–H and O–H groups in total. The molecule has 1 aliphatic heterocycles. The van der Waals surface area contributed by atoms with E-state index in [1.54, 1.807) is 0 Å². The van der Waals surface area contributed by atoms with E-state index >= 15 is 0 Å². The van der Waals surface area contributed by atoms with Gasteiger partial charge in [-0.25, -0.2) is 0 Å². The summed E-state index contributed by atoms with van der Waals surface area (Å²) in [4.78, 5) is 0. The minimum atomic E-state index is 0.689. The van der Waals surface area contributed by atoms with E-state index in [0.29, 0.717) is 4.58 Å². The number of benzene rings is 1. The van der Waals surface area contributed by atoms with Gasteiger partial charge in [-0.15, -0.1) is 23.5 Å². The van der Waals surface area contributed by atoms with E-state index in [4.69, 9.17) is 0 Å². The third-order valence-electron chi connectivity index (χ3n) is 2.90. The van der Waals surface area contributed by atoms with Crippen molar-refractivity contribution in [3.05, 3.63) is 35.4 Å². The van der Waals surface area contributed by atoms with E-state index in [1.165, 1.54) is 48.3 Å². The first-order valence-electron chi connectivity index (χ1n) is 6.22. The normalized spacial score (nSPS) is 17.6. The van der Waals surface area contributed by atoms with Gasteiger partial charge in [-0.05, 0) is 41.9 Å². The molecule has 0 saturated carbocycles. The molecule has 0 radical (unpaired) electrons. The fourth-order valence-corrected chi connectivity index (χ4v) is 4.80. The van der Waals surface area contributed by atoms with Gasteiger partial charge < -0.3 is 0 Å². The van der Waals surface area contributed by atoms with Crippen molar-refractivity contribution in [1.29, 1.82) is 0 Å². The second-order valence-corrected chi connectivity index (χ2v) is 7.00. The molecule has 2 heteroatoms. The summed E-state index contributed by atoms with van der Waals surface area (Å²) in [5, 5.41) is 0. The summed E-state index contributed by atoms with van der Waals surface area (Å²) in [5.74, 6) is 2.66. The van der Waals surface area contributed by atoms with Crippen LogP contribution in [-0.4, -0.2) is 11.5 Å². The molecule has 88 valence electrons. The van der Waals surface area contributed by atoms with Gasteiger partial charge in [0.05, 0.1) is 4.58 Å². The summed E-state index contributed by atoms with van der Waals surface area (Å²) < 4.78 is 0.689. The van der Waals surface area contributed by atoms with Crippen molar-refractivity contribution in [2.45, 2.75) is 37.2 Å². The van der Waals surface area contributed by atoms with Crippen molar-refractivity contribution in [3.63, 3.8) is 0 Å². The first-order valence-corrected chi connectivity index (χ1v) is 8.32. The number of rotatable bonds is 4. The van der Waals surface area contributed by atoms with Crippen LogP contribution >= 0.6 is 23.5 Å². The zero-order valence-corrected chi connectivity index (χ0v) is 11.6. The Labute approximate surface area is 108 Å². The van der Waals surface area contributed by atoms with E-state index in [9.17, 15) is 0 Å². The maximum absolute atomic E-state index is 2.33. The van der Waals surface area contributed by atoms with Gasteiger partial charge in [-0.2, -0.15) is 0 Å². The molecule has 0 amide bonds. The first kappa shape index (κ1) is 12.4. The van der Waals surface area contributed by atoms with Crippen LogP contribution in [0.25, 0.3) is 0 Å². The van der Waals surface area contributed by atoms with Gasteiger partial charge in [-0.3, -0.25) is 0 Å². The van der Waals surface area contributed by atoms with Gasteiger partial charge >= 0.3 is 0 Å². The van der Waals surface area contributed by atoms with E-state index in [-0.39, 0.29) is 0 Å². The van der Waals surface area contributed by atoms with Crippen LogP contribution < -0.4 is 0 Å². The molecule has 0 bridgehead atoms. The Balaban J connectivity index is 1.95. The lowest BCUT2D eigenvalue weighted by Gasteiger charge is -2.21. The minimum absolute atomic E-state index is 0.689. The molecule has 0 aliphatic carbocycles. The highest BCUT2D eigenvalue weighted by Crippen LogP contribution is 2.43. The van der Waals surface area contributed by atoms with Gasteiger partial charge in [0.15, 0.2) is 0 Å². The van der Waals surface area contributed by atoms with Crippen LogP contribution in [0.5, 0.6) is 0 Å². The molecule has 0 unspecified atom stereocenters. The molecule has 1 saturated heterocycles. The summed E-state index contributed by atoms with van der Waals surface area (Å²) in [6, 6.07) is 9.31. The average molecular weight is 252 g/mol. The van der Waals surface area contributed by atoms with Crippen molar-refractivity contribution in [2.24, 2.45) is 0 Å². The van der Waals surface area contributed by atoms with E-state index in [2.05, 4.69) is 54.7 Å². The lowest BCUT2D eigenvalue weighted by atomic mass is 10.1. The topological polar surface area (TPSA) is 0 Å². The highest BCUT2D eigenvalue weighted by atomic mass is 32.2. The fourth-order valence-electron chi connectivity index (χ4n) is 1.90. The molecule has 1 fully saturated rings. The first-order chi connectivity index (χ1) is 7.90. The molecule has 2 rings (SSSR count). The zero-order chi connectivity index (χ0) is 11.2. The van der Waals surface area contributed by atoms with Gasteiger partial charge in [0, 0.05) is 0 Å². The highest BCUT2D eigenvalue weighted by Gasteiger charge is 2.15. The Bertz CT molecular complexity index is 299. The summed E-state index contributed by atoms with van der Waals surface area (Å²) in [5.41, 5.74) is 3.01. The Morgan fingerprint density at radius 2 is 1.81 bits per heavy atom. The maximum atomic E-state index is 2.33. The number of hydrogen-bond donors (Lipinski definition) is 0. The molecular formula is C14H20S2. The van der Waals surface area contributed by atoms with Crippen LogP contribution in [-0.2, 0) is 6.42 Å². The third kappa shape index (κ3) is 3.46. The number of hydrogen-bond acceptors (Lipinski definition) is 2. The van der Waals surface area contributed by atoms with Crippen molar-refractivity contribution in [2.75, 3.05) is 11.5 Å². The number of thioether (sulfide) groups is 2. The predicted octanol–water partition coefficient (Wildman–Crippen LogP) is 4.90. The maximum Gasteiger partial charge on any atom is 0.0751 e. The number of aryl methyl sites for hydroxylation is 1. The van der Waals surface area contributed by atoms with E-state index in [1.807, 2.05) is 0 Å². The predicted molar refractivity (Wildman–Crippen MR) is 77.3 cm³/mol. The fraction of sp³-hybridized carbons (Fsp3) is 0.571. The molecule has 1 aromatic rings. The van der Waals surface area contributed by atoms with Crippen molar-refractivity contribution in [1.82, 2.24) is 0 Å². The van der Waals surface area contributed by atoms with Gasteiger partial charge in [0.2, 0.25) is 0 Å². The molecule has 1 heterocycles. The van der Waals surface area contributed by atoms with Crippen molar-refractivity contribution in [3.8, 4) is 0 Å². The Hall–Kier alpha value is -0.0800. The van der Waals surface area contributed by atoms with Gasteiger partial charge in [0.25, 0.3) is 0 Å². The molecular weight excluding hydrogens is 232 g/mol. The molecule has 0 nitrogen and oxygen atoms in total. The molecule has 1 aromatic carbocycles. The largest absolute Gasteiger partial charge is 0.143 e. The zero-order valence-electron chi connectivity index (χ0n) is 9.95. The summed E-state index contributed by atoms with van der Waals surface area (Å²) in [7, 11) is 0. The molecule has 0 aromatic heterocycles. The van der Waals surface area contributed by atoms with Crippen molar-refractivity contribution >= 4 is 23.5 Å². The van der Waals surface area contributed by atoms with Crippen LogP contribution in [0.15, 0.2) is 24.3 Å². The van der Waals surface area contributed by atoms with Gasteiger partial charge in [-0.1, -0.05) is 37.6 Å². The molecule has 0 atom stereocenters. The Kier molecular flexibility index (Phi) is 5.11. The Morgan fingerprint density at radius 3 is 2.44 bits per heavy atom. The van der Waals surface area contributed by atoms with Crippen LogP contribution in [0.2, 0.25) is 0 Å². The second-order valence-electron chi connectivity index (χ2n) is 4.27. The molecule has 1 aliphatic rings. The van der Waals surface area contributed by atoms with Crippen LogP contribution in [0.3, 0.4) is 0 Å². The second kappa shape index (κ2) is 6.61. The lowest BCUT2D eigenvalue weighted by Crippen LogP contribution is -2.00. The van der Waals surface area contributed by atoms with E-state index in [0.717, 1.165) is 0 Å². The van der Waals surface area contributed by atoms with Crippen LogP contribution in [0.4, 0.5) is 0 Å². The van der Waals surface area contributed by atoms with E-state index < -0.39 is 0 Å². The Morgan fingerprint density at radius 1 is 1.12 bits per heavy atom. The highest BCUT2D eigenvalue weighted by molar-refractivity contribution is 8.16. The summed E-state index contributed by atoms with van der Waals surface area (Å²) >= 11 is 4.21. The summed E-state index contributed by atoms with van der Waals surface area (Å²) in [6.07, 6.45) is 5.21. The lowest BCUT2D eigenvalue weighted by molar-refractivity contribution is 0.795. The standard InChI is InChI=1S/C14H20S2/c1-2-3-5-12-6-8-13(9-7-12)14-15-10-4-11-16-14/h6-9,14H,2-5,10-11H2,1H3. The summed E-state index contributed by atoms with van der Waals surface area (Å²) in [6.45, 7) is 2.25. The van der Waals surface area contributed by atoms with Crippen LogP contribution in [0, 0.1) is 0 Å². The quantitative estimate of drug-likeness (QED) is 0.747. The van der Waals surface area contributed by atoms with Crippen molar-refractivity contribution < 1.29 is 0 Å². The minimum Gasteiger partial charge on any atom is -0.143 e.